The van der Waals surface area contributed by atoms with Crippen molar-refractivity contribution in [2.24, 2.45) is 0 Å². The molecule has 1 N–H and O–H groups in total. The minimum absolute atomic E-state index is 0.00854. The van der Waals surface area contributed by atoms with Crippen molar-refractivity contribution in [1.82, 2.24) is 0 Å². The van der Waals surface area contributed by atoms with E-state index in [0.29, 0.717) is 16.3 Å². The summed E-state index contributed by atoms with van der Waals surface area (Å²) in [5, 5.41) is 10.5. The molecular weight excluding hydrogens is 274 g/mol. The van der Waals surface area contributed by atoms with Crippen molar-refractivity contribution in [1.29, 1.82) is 0 Å². The van der Waals surface area contributed by atoms with Gasteiger partial charge >= 0.3 is 0 Å². The van der Waals surface area contributed by atoms with Crippen LogP contribution in [0.25, 0.3) is 0 Å². The molecule has 1 atom stereocenters. The zero-order valence-electron chi connectivity index (χ0n) is 10.0. The molecule has 0 saturated carbocycles. The Kier molecular flexibility index (Phi) is 4.02. The molecular formula is C14H11ClF2O2. The third kappa shape index (κ3) is 2.85. The van der Waals surface area contributed by atoms with Crippen molar-refractivity contribution < 1.29 is 18.6 Å². The minimum atomic E-state index is -1.22. The predicted octanol–water partition coefficient (Wildman–Crippen LogP) is 3.71. The van der Waals surface area contributed by atoms with E-state index in [1.54, 1.807) is 12.1 Å². The van der Waals surface area contributed by atoms with Crippen LogP contribution in [-0.2, 0) is 0 Å². The number of hydrogen-bond donors (Lipinski definition) is 1. The Labute approximate surface area is 114 Å². The molecule has 1 unspecified atom stereocenters. The molecule has 0 bridgehead atoms. The highest BCUT2D eigenvalue weighted by molar-refractivity contribution is 6.32. The normalized spacial score (nSPS) is 12.3. The van der Waals surface area contributed by atoms with Gasteiger partial charge in [0.1, 0.15) is 23.5 Å². The molecule has 0 fully saturated rings. The molecule has 0 aliphatic heterocycles. The molecule has 100 valence electrons. The summed E-state index contributed by atoms with van der Waals surface area (Å²) in [7, 11) is 1.44. The Bertz CT molecular complexity index is 602. The fourth-order valence-corrected chi connectivity index (χ4v) is 1.94. The van der Waals surface area contributed by atoms with E-state index in [-0.39, 0.29) is 5.56 Å². The summed E-state index contributed by atoms with van der Waals surface area (Å²) in [6.07, 6.45) is -1.22. The molecule has 0 aliphatic carbocycles. The highest BCUT2D eigenvalue weighted by Gasteiger charge is 2.17. The van der Waals surface area contributed by atoms with Crippen LogP contribution in [0.2, 0.25) is 5.02 Å². The number of ether oxygens (including phenoxy) is 1. The summed E-state index contributed by atoms with van der Waals surface area (Å²) in [4.78, 5) is 0. The first-order valence-electron chi connectivity index (χ1n) is 5.49. The first kappa shape index (κ1) is 13.8. The number of benzene rings is 2. The second-order valence-corrected chi connectivity index (χ2v) is 4.37. The lowest BCUT2D eigenvalue weighted by atomic mass is 10.0. The van der Waals surface area contributed by atoms with Gasteiger partial charge in [0, 0.05) is 11.6 Å². The molecule has 0 amide bonds. The van der Waals surface area contributed by atoms with Gasteiger partial charge in [0.25, 0.3) is 0 Å². The van der Waals surface area contributed by atoms with E-state index >= 15 is 0 Å². The SMILES string of the molecule is COc1cc(C(O)c2ccc(F)cc2F)ccc1Cl. The van der Waals surface area contributed by atoms with Gasteiger partial charge in [0.05, 0.1) is 12.1 Å². The fraction of sp³-hybridized carbons (Fsp3) is 0.143. The summed E-state index contributed by atoms with van der Waals surface area (Å²) in [5.74, 6) is -1.12. The van der Waals surface area contributed by atoms with Crippen molar-refractivity contribution in [3.8, 4) is 5.75 Å². The number of aliphatic hydroxyl groups excluding tert-OH is 1. The summed E-state index contributed by atoms with van der Waals surface area (Å²) < 4.78 is 31.4. The van der Waals surface area contributed by atoms with Gasteiger partial charge in [-0.2, -0.15) is 0 Å². The average Bonchev–Trinajstić information content (AvgIpc) is 2.38. The second kappa shape index (κ2) is 5.55. The molecule has 0 spiro atoms. The van der Waals surface area contributed by atoms with E-state index in [2.05, 4.69) is 0 Å². The quantitative estimate of drug-likeness (QED) is 0.931. The van der Waals surface area contributed by atoms with Crippen molar-refractivity contribution in [3.05, 3.63) is 64.2 Å². The monoisotopic (exact) mass is 284 g/mol. The maximum atomic E-state index is 13.6. The molecule has 5 heteroatoms. The summed E-state index contributed by atoms with van der Waals surface area (Å²) in [5.41, 5.74) is 0.400. The lowest BCUT2D eigenvalue weighted by Crippen LogP contribution is -2.03. The lowest BCUT2D eigenvalue weighted by molar-refractivity contribution is 0.214. The van der Waals surface area contributed by atoms with Crippen LogP contribution >= 0.6 is 11.6 Å². The minimum Gasteiger partial charge on any atom is -0.495 e. The molecule has 19 heavy (non-hydrogen) atoms. The molecule has 2 aromatic rings. The van der Waals surface area contributed by atoms with Crippen LogP contribution in [0.1, 0.15) is 17.2 Å². The molecule has 0 saturated heterocycles. The number of hydrogen-bond acceptors (Lipinski definition) is 2. The summed E-state index contributed by atoms with van der Waals surface area (Å²) in [6.45, 7) is 0. The van der Waals surface area contributed by atoms with Crippen LogP contribution in [-0.4, -0.2) is 12.2 Å². The van der Waals surface area contributed by atoms with Crippen LogP contribution in [0.3, 0.4) is 0 Å². The zero-order chi connectivity index (χ0) is 14.0. The molecule has 0 aromatic heterocycles. The maximum absolute atomic E-state index is 13.6. The Morgan fingerprint density at radius 2 is 1.89 bits per heavy atom. The van der Waals surface area contributed by atoms with Gasteiger partial charge < -0.3 is 9.84 Å². The number of methoxy groups -OCH3 is 1. The topological polar surface area (TPSA) is 29.5 Å². The number of aliphatic hydroxyl groups is 1. The van der Waals surface area contributed by atoms with Crippen LogP contribution in [0.4, 0.5) is 8.78 Å². The van der Waals surface area contributed by atoms with Gasteiger partial charge in [-0.1, -0.05) is 23.7 Å². The average molecular weight is 285 g/mol. The molecule has 0 aliphatic rings. The highest BCUT2D eigenvalue weighted by Crippen LogP contribution is 2.31. The third-order valence-electron chi connectivity index (χ3n) is 2.75. The second-order valence-electron chi connectivity index (χ2n) is 3.96. The van der Waals surface area contributed by atoms with Crippen molar-refractivity contribution in [2.45, 2.75) is 6.10 Å². The van der Waals surface area contributed by atoms with Gasteiger partial charge in [-0.15, -0.1) is 0 Å². The van der Waals surface area contributed by atoms with E-state index in [1.807, 2.05) is 0 Å². The van der Waals surface area contributed by atoms with Crippen LogP contribution in [0.5, 0.6) is 5.75 Å². The van der Waals surface area contributed by atoms with Gasteiger partial charge in [-0.3, -0.25) is 0 Å². The first-order chi connectivity index (χ1) is 9.02. The van der Waals surface area contributed by atoms with E-state index in [0.717, 1.165) is 12.1 Å². The molecule has 0 heterocycles. The maximum Gasteiger partial charge on any atom is 0.137 e. The largest absolute Gasteiger partial charge is 0.495 e. The van der Waals surface area contributed by atoms with Crippen molar-refractivity contribution >= 4 is 11.6 Å². The smallest absolute Gasteiger partial charge is 0.137 e. The van der Waals surface area contributed by atoms with Crippen LogP contribution in [0, 0.1) is 11.6 Å². The van der Waals surface area contributed by atoms with Crippen LogP contribution in [0.15, 0.2) is 36.4 Å². The molecule has 2 rings (SSSR count). The summed E-state index contributed by atoms with van der Waals surface area (Å²) >= 11 is 5.87. The molecule has 2 aromatic carbocycles. The Balaban J connectivity index is 2.40. The van der Waals surface area contributed by atoms with Gasteiger partial charge in [0.2, 0.25) is 0 Å². The fourth-order valence-electron chi connectivity index (χ4n) is 1.75. The Morgan fingerprint density at radius 1 is 1.16 bits per heavy atom. The van der Waals surface area contributed by atoms with E-state index in [1.165, 1.54) is 19.2 Å². The van der Waals surface area contributed by atoms with Gasteiger partial charge in [-0.05, 0) is 23.8 Å². The Hall–Kier alpha value is -1.65. The lowest BCUT2D eigenvalue weighted by Gasteiger charge is -2.14. The number of halogens is 3. The standard InChI is InChI=1S/C14H11ClF2O2/c1-19-13-6-8(2-5-11(13)15)14(18)10-4-3-9(16)7-12(10)17/h2-7,14,18H,1H3. The Morgan fingerprint density at radius 3 is 2.53 bits per heavy atom. The highest BCUT2D eigenvalue weighted by atomic mass is 35.5. The van der Waals surface area contributed by atoms with Gasteiger partial charge in [0.15, 0.2) is 0 Å². The van der Waals surface area contributed by atoms with E-state index in [9.17, 15) is 13.9 Å². The van der Waals surface area contributed by atoms with Crippen LogP contribution < -0.4 is 4.74 Å². The number of rotatable bonds is 3. The zero-order valence-corrected chi connectivity index (χ0v) is 10.8. The summed E-state index contributed by atoms with van der Waals surface area (Å²) in [6, 6.07) is 7.63. The predicted molar refractivity (Wildman–Crippen MR) is 68.4 cm³/mol. The molecule has 0 radical (unpaired) electrons. The van der Waals surface area contributed by atoms with Crippen molar-refractivity contribution in [2.75, 3.05) is 7.11 Å². The van der Waals surface area contributed by atoms with E-state index in [4.69, 9.17) is 16.3 Å². The van der Waals surface area contributed by atoms with Gasteiger partial charge in [-0.25, -0.2) is 8.78 Å². The third-order valence-corrected chi connectivity index (χ3v) is 3.06. The van der Waals surface area contributed by atoms with E-state index < -0.39 is 17.7 Å². The first-order valence-corrected chi connectivity index (χ1v) is 5.87. The van der Waals surface area contributed by atoms with Crippen molar-refractivity contribution in [3.63, 3.8) is 0 Å². The molecule has 2 nitrogen and oxygen atoms in total.